The zero-order chi connectivity index (χ0) is 32.4. The van der Waals surface area contributed by atoms with E-state index in [1.54, 1.807) is 0 Å². The summed E-state index contributed by atoms with van der Waals surface area (Å²) in [6.07, 6.45) is 1.98. The number of fused-ring (bicyclic) bond motifs is 9. The largest absolute Gasteiger partial charge is 0.256 e. The molecule has 0 bridgehead atoms. The molecule has 1 nitrogen and oxygen atoms in total. The van der Waals surface area contributed by atoms with E-state index in [9.17, 15) is 0 Å². The molecule has 2 aliphatic carbocycles. The fourth-order valence-electron chi connectivity index (χ4n) is 9.10. The van der Waals surface area contributed by atoms with Gasteiger partial charge in [-0.05, 0) is 113 Å². The van der Waals surface area contributed by atoms with Crippen LogP contribution in [-0.2, 0) is 10.8 Å². The Morgan fingerprint density at radius 2 is 0.896 bits per heavy atom. The van der Waals surface area contributed by atoms with E-state index < -0.39 is 0 Å². The molecule has 2 aliphatic rings. The number of nitrogens with zero attached hydrogens (tertiary/aromatic N) is 1. The molecule has 48 heavy (non-hydrogen) atoms. The number of hydrogen-bond acceptors (Lipinski definition) is 1. The smallest absolute Gasteiger partial charge is 0.0792 e. The van der Waals surface area contributed by atoms with E-state index in [2.05, 4.69) is 161 Å². The molecule has 0 saturated carbocycles. The molecule has 0 radical (unpaired) electrons. The molecule has 1 heterocycles. The van der Waals surface area contributed by atoms with E-state index in [4.69, 9.17) is 4.98 Å². The third kappa shape index (κ3) is 3.54. The van der Waals surface area contributed by atoms with Crippen LogP contribution in [0.3, 0.4) is 0 Å². The summed E-state index contributed by atoms with van der Waals surface area (Å²) >= 11 is 0. The molecule has 1 aromatic heterocycles. The minimum Gasteiger partial charge on any atom is -0.256 e. The van der Waals surface area contributed by atoms with E-state index in [1.165, 1.54) is 93.5 Å². The number of pyridine rings is 1. The first-order valence-electron chi connectivity index (χ1n) is 17.1. The lowest BCUT2D eigenvalue weighted by Crippen LogP contribution is -2.15. The molecule has 7 aromatic carbocycles. The number of aromatic nitrogens is 1. The van der Waals surface area contributed by atoms with Crippen LogP contribution in [-0.4, -0.2) is 4.98 Å². The summed E-state index contributed by atoms with van der Waals surface area (Å²) in [5.74, 6) is 0. The van der Waals surface area contributed by atoms with Gasteiger partial charge in [-0.3, -0.25) is 4.98 Å². The van der Waals surface area contributed by atoms with Gasteiger partial charge in [0.1, 0.15) is 0 Å². The lowest BCUT2D eigenvalue weighted by Gasteiger charge is -2.25. The highest BCUT2D eigenvalue weighted by molar-refractivity contribution is 6.25. The van der Waals surface area contributed by atoms with Gasteiger partial charge in [0.2, 0.25) is 0 Å². The predicted octanol–water partition coefficient (Wildman–Crippen LogP) is 12.5. The Morgan fingerprint density at radius 1 is 0.396 bits per heavy atom. The van der Waals surface area contributed by atoms with Crippen LogP contribution < -0.4 is 0 Å². The maximum atomic E-state index is 5.21. The van der Waals surface area contributed by atoms with Crippen LogP contribution in [0.2, 0.25) is 0 Å². The van der Waals surface area contributed by atoms with Gasteiger partial charge in [0, 0.05) is 28.0 Å². The van der Waals surface area contributed by atoms with Gasteiger partial charge in [-0.25, -0.2) is 0 Å². The number of benzene rings is 7. The molecule has 0 spiro atoms. The van der Waals surface area contributed by atoms with E-state index in [-0.39, 0.29) is 10.8 Å². The molecule has 0 N–H and O–H groups in total. The van der Waals surface area contributed by atoms with Crippen molar-refractivity contribution in [1.82, 2.24) is 4.98 Å². The van der Waals surface area contributed by atoms with Crippen LogP contribution in [0.1, 0.15) is 49.9 Å². The summed E-state index contributed by atoms with van der Waals surface area (Å²) in [6, 6.07) is 49.9. The zero-order valence-electron chi connectivity index (χ0n) is 27.7. The highest BCUT2D eigenvalue weighted by atomic mass is 14.7. The average molecular weight is 614 g/mol. The molecular weight excluding hydrogens is 579 g/mol. The van der Waals surface area contributed by atoms with Gasteiger partial charge < -0.3 is 0 Å². The molecule has 0 unspecified atom stereocenters. The van der Waals surface area contributed by atoms with Gasteiger partial charge in [0.05, 0.1) is 5.69 Å². The molecule has 228 valence electrons. The maximum Gasteiger partial charge on any atom is 0.0792 e. The summed E-state index contributed by atoms with van der Waals surface area (Å²) in [4.78, 5) is 5.21. The van der Waals surface area contributed by atoms with Crippen LogP contribution in [0, 0.1) is 0 Å². The van der Waals surface area contributed by atoms with Crippen molar-refractivity contribution in [2.75, 3.05) is 0 Å². The Morgan fingerprint density at radius 3 is 1.50 bits per heavy atom. The molecule has 8 aromatic rings. The molecular formula is C47H35N. The summed E-state index contributed by atoms with van der Waals surface area (Å²) in [7, 11) is 0. The van der Waals surface area contributed by atoms with Crippen molar-refractivity contribution in [2.24, 2.45) is 0 Å². The summed E-state index contributed by atoms with van der Waals surface area (Å²) in [5, 5.41) is 7.45. The first-order valence-corrected chi connectivity index (χ1v) is 17.1. The minimum absolute atomic E-state index is 0.109. The van der Waals surface area contributed by atoms with Crippen LogP contribution in [0.4, 0.5) is 0 Å². The lowest BCUT2D eigenvalue weighted by atomic mass is 9.78. The van der Waals surface area contributed by atoms with Crippen LogP contribution >= 0.6 is 0 Å². The Balaban J connectivity index is 1.47. The van der Waals surface area contributed by atoms with Crippen molar-refractivity contribution >= 4 is 32.3 Å². The van der Waals surface area contributed by atoms with Crippen molar-refractivity contribution in [3.63, 3.8) is 0 Å². The van der Waals surface area contributed by atoms with Gasteiger partial charge >= 0.3 is 0 Å². The molecule has 0 fully saturated rings. The molecule has 0 saturated heterocycles. The normalized spacial score (nSPS) is 15.0. The average Bonchev–Trinajstić information content (AvgIpc) is 3.48. The van der Waals surface area contributed by atoms with E-state index in [0.717, 1.165) is 5.69 Å². The lowest BCUT2D eigenvalue weighted by molar-refractivity contribution is 0.661. The topological polar surface area (TPSA) is 12.9 Å². The van der Waals surface area contributed by atoms with Crippen LogP contribution in [0.15, 0.2) is 140 Å². The number of rotatable bonds is 2. The summed E-state index contributed by atoms with van der Waals surface area (Å²) in [6.45, 7) is 9.53. The van der Waals surface area contributed by atoms with Crippen molar-refractivity contribution in [1.29, 1.82) is 0 Å². The van der Waals surface area contributed by atoms with E-state index in [0.29, 0.717) is 0 Å². The SMILES string of the molecule is CC1(C)c2ccccc2-c2cc3c(-c4nccc5ccccc45)c4cc5c(cc4c(-c4ccccc4)c3cc21)C(C)(C)c1ccccc1-5. The van der Waals surface area contributed by atoms with Crippen molar-refractivity contribution in [3.8, 4) is 44.6 Å². The molecule has 0 aliphatic heterocycles. The highest BCUT2D eigenvalue weighted by Crippen LogP contribution is 2.56. The van der Waals surface area contributed by atoms with Crippen molar-refractivity contribution in [3.05, 3.63) is 162 Å². The van der Waals surface area contributed by atoms with Gasteiger partial charge in [0.15, 0.2) is 0 Å². The van der Waals surface area contributed by atoms with E-state index >= 15 is 0 Å². The quantitative estimate of drug-likeness (QED) is 0.177. The number of hydrogen-bond donors (Lipinski definition) is 0. The van der Waals surface area contributed by atoms with Gasteiger partial charge in [-0.1, -0.05) is 131 Å². The first-order chi connectivity index (χ1) is 23.3. The highest BCUT2D eigenvalue weighted by Gasteiger charge is 2.38. The first kappa shape index (κ1) is 27.6. The van der Waals surface area contributed by atoms with Gasteiger partial charge in [0.25, 0.3) is 0 Å². The van der Waals surface area contributed by atoms with Crippen molar-refractivity contribution < 1.29 is 0 Å². The Labute approximate surface area is 281 Å². The van der Waals surface area contributed by atoms with Gasteiger partial charge in [-0.15, -0.1) is 0 Å². The van der Waals surface area contributed by atoms with Crippen LogP contribution in [0.5, 0.6) is 0 Å². The maximum absolute atomic E-state index is 5.21. The summed E-state index contributed by atoms with van der Waals surface area (Å²) in [5.41, 5.74) is 15.5. The second-order valence-electron chi connectivity index (χ2n) is 14.7. The molecule has 10 rings (SSSR count). The standard InChI is InChI=1S/C47H35N/c1-46(2)39-20-12-10-18-31(39)33-24-35-37(26-41(33)46)43(29-15-6-5-7-16-29)38-27-42-34(32-19-11-13-21-40(32)47(42,3)4)25-36(38)44(35)45-30-17-9-8-14-28(30)22-23-48-45/h5-27H,1-4H3. The van der Waals surface area contributed by atoms with Crippen LogP contribution in [0.25, 0.3) is 77.0 Å². The molecule has 0 amide bonds. The fraction of sp³-hybridized carbons (Fsp3) is 0.128. The Hall–Kier alpha value is -5.53. The third-order valence-corrected chi connectivity index (χ3v) is 11.5. The second-order valence-corrected chi connectivity index (χ2v) is 14.7. The Bertz CT molecular complexity index is 2530. The molecule has 1 heteroatoms. The Kier molecular flexibility index (Phi) is 5.47. The fourth-order valence-corrected chi connectivity index (χ4v) is 9.10. The summed E-state index contributed by atoms with van der Waals surface area (Å²) < 4.78 is 0. The molecule has 0 atom stereocenters. The monoisotopic (exact) mass is 613 g/mol. The van der Waals surface area contributed by atoms with Crippen molar-refractivity contribution in [2.45, 2.75) is 38.5 Å². The van der Waals surface area contributed by atoms with E-state index in [1.807, 2.05) is 6.20 Å². The minimum atomic E-state index is -0.109. The zero-order valence-corrected chi connectivity index (χ0v) is 27.7. The predicted molar refractivity (Wildman–Crippen MR) is 203 cm³/mol. The second kappa shape index (κ2) is 9.52. The van der Waals surface area contributed by atoms with Gasteiger partial charge in [-0.2, -0.15) is 0 Å². The third-order valence-electron chi connectivity index (χ3n) is 11.5.